The molecule has 2 heterocycles. The molecule has 94 valence electrons. The molecule has 2 atom stereocenters. The summed E-state index contributed by atoms with van der Waals surface area (Å²) in [6, 6.07) is 0.393. The molecule has 17 heavy (non-hydrogen) atoms. The summed E-state index contributed by atoms with van der Waals surface area (Å²) >= 11 is 1.61. The maximum absolute atomic E-state index is 12.1. The third-order valence-electron chi connectivity index (χ3n) is 3.36. The number of carbonyl (C=O) groups is 1. The average molecular weight is 253 g/mol. The van der Waals surface area contributed by atoms with Crippen molar-refractivity contribution in [1.29, 1.82) is 0 Å². The highest BCUT2D eigenvalue weighted by molar-refractivity contribution is 7.99. The number of imidazole rings is 1. The van der Waals surface area contributed by atoms with Gasteiger partial charge in [-0.15, -0.1) is 0 Å². The molecule has 5 heteroatoms. The zero-order chi connectivity index (χ0) is 12.3. The second-order valence-electron chi connectivity index (χ2n) is 4.47. The Hall–Kier alpha value is -0.970. The quantitative estimate of drug-likeness (QED) is 0.824. The highest BCUT2D eigenvalue weighted by Gasteiger charge is 2.26. The fourth-order valence-electron chi connectivity index (χ4n) is 2.24. The number of carbonyl (C=O) groups excluding carboxylic acids is 1. The lowest BCUT2D eigenvalue weighted by Gasteiger charge is -2.34. The Balaban J connectivity index is 2.00. The number of piperidine rings is 1. The Morgan fingerprint density at radius 2 is 2.41 bits per heavy atom. The molecule has 1 aliphatic rings. The number of thioether (sulfide) groups is 1. The summed E-state index contributed by atoms with van der Waals surface area (Å²) in [5.74, 6) is 0.266. The van der Waals surface area contributed by atoms with Crippen molar-refractivity contribution in [3.63, 3.8) is 0 Å². The van der Waals surface area contributed by atoms with Crippen molar-refractivity contribution in [2.75, 3.05) is 19.3 Å². The fourth-order valence-corrected chi connectivity index (χ4v) is 2.59. The normalized spacial score (nSPS) is 22.5. The SMILES string of the molecule is CS[C@@H](C)C(=O)N1CCC[C@@H](n2ccnc2)C1. The van der Waals surface area contributed by atoms with Gasteiger partial charge < -0.3 is 9.47 Å². The average Bonchev–Trinajstić information content (AvgIpc) is 2.91. The third kappa shape index (κ3) is 2.83. The minimum atomic E-state index is 0.0662. The number of amides is 1. The van der Waals surface area contributed by atoms with Crippen molar-refractivity contribution in [2.24, 2.45) is 0 Å². The van der Waals surface area contributed by atoms with E-state index in [-0.39, 0.29) is 11.2 Å². The van der Waals surface area contributed by atoms with Gasteiger partial charge in [0.25, 0.3) is 0 Å². The summed E-state index contributed by atoms with van der Waals surface area (Å²) in [4.78, 5) is 18.2. The van der Waals surface area contributed by atoms with Gasteiger partial charge in [0.15, 0.2) is 0 Å². The van der Waals surface area contributed by atoms with Crippen LogP contribution in [0, 0.1) is 0 Å². The number of hydrogen-bond acceptors (Lipinski definition) is 3. The van der Waals surface area contributed by atoms with Crippen LogP contribution < -0.4 is 0 Å². The minimum Gasteiger partial charge on any atom is -0.340 e. The number of nitrogens with zero attached hydrogens (tertiary/aromatic N) is 3. The molecule has 1 aromatic rings. The second-order valence-corrected chi connectivity index (χ2v) is 5.65. The van der Waals surface area contributed by atoms with E-state index >= 15 is 0 Å². The predicted octanol–water partition coefficient (Wildman–Crippen LogP) is 1.80. The van der Waals surface area contributed by atoms with Crippen molar-refractivity contribution in [3.8, 4) is 0 Å². The van der Waals surface area contributed by atoms with Crippen LogP contribution in [0.4, 0.5) is 0 Å². The Labute approximate surface area is 106 Å². The van der Waals surface area contributed by atoms with Crippen LogP contribution in [-0.4, -0.2) is 45.0 Å². The van der Waals surface area contributed by atoms with E-state index in [0.717, 1.165) is 25.9 Å². The first-order valence-corrected chi connectivity index (χ1v) is 7.30. The molecule has 2 rings (SSSR count). The molecule has 0 N–H and O–H groups in total. The Kier molecular flexibility index (Phi) is 4.10. The number of hydrogen-bond donors (Lipinski definition) is 0. The number of aromatic nitrogens is 2. The van der Waals surface area contributed by atoms with E-state index in [9.17, 15) is 4.79 Å². The van der Waals surface area contributed by atoms with Crippen LogP contribution >= 0.6 is 11.8 Å². The molecule has 0 unspecified atom stereocenters. The van der Waals surface area contributed by atoms with Crippen molar-refractivity contribution < 1.29 is 4.79 Å². The summed E-state index contributed by atoms with van der Waals surface area (Å²) in [6.45, 7) is 3.70. The Morgan fingerprint density at radius 3 is 3.06 bits per heavy atom. The highest BCUT2D eigenvalue weighted by Crippen LogP contribution is 2.23. The van der Waals surface area contributed by atoms with Gasteiger partial charge in [-0.3, -0.25) is 4.79 Å². The molecule has 1 aromatic heterocycles. The monoisotopic (exact) mass is 253 g/mol. The molecule has 0 aromatic carbocycles. The van der Waals surface area contributed by atoms with E-state index in [4.69, 9.17) is 0 Å². The third-order valence-corrected chi connectivity index (χ3v) is 4.26. The first-order valence-electron chi connectivity index (χ1n) is 6.01. The smallest absolute Gasteiger partial charge is 0.235 e. The molecular weight excluding hydrogens is 234 g/mol. The van der Waals surface area contributed by atoms with Gasteiger partial charge in [0.2, 0.25) is 5.91 Å². The van der Waals surface area contributed by atoms with Crippen molar-refractivity contribution in [1.82, 2.24) is 14.5 Å². The lowest BCUT2D eigenvalue weighted by Crippen LogP contribution is -2.43. The van der Waals surface area contributed by atoms with E-state index in [1.54, 1.807) is 18.0 Å². The van der Waals surface area contributed by atoms with Crippen molar-refractivity contribution in [3.05, 3.63) is 18.7 Å². The van der Waals surface area contributed by atoms with Crippen LogP contribution in [-0.2, 0) is 4.79 Å². The van der Waals surface area contributed by atoms with Crippen LogP contribution in [0.1, 0.15) is 25.8 Å². The first-order chi connectivity index (χ1) is 8.22. The van der Waals surface area contributed by atoms with Crippen LogP contribution in [0.2, 0.25) is 0 Å². The van der Waals surface area contributed by atoms with E-state index in [1.807, 2.05) is 30.6 Å². The van der Waals surface area contributed by atoms with Crippen molar-refractivity contribution >= 4 is 17.7 Å². The summed E-state index contributed by atoms with van der Waals surface area (Å²) < 4.78 is 2.11. The highest BCUT2D eigenvalue weighted by atomic mass is 32.2. The largest absolute Gasteiger partial charge is 0.340 e. The molecule has 1 amide bonds. The second kappa shape index (κ2) is 5.58. The Morgan fingerprint density at radius 1 is 1.59 bits per heavy atom. The molecule has 1 saturated heterocycles. The maximum Gasteiger partial charge on any atom is 0.235 e. The van der Waals surface area contributed by atoms with E-state index in [1.165, 1.54) is 0 Å². The molecular formula is C12H19N3OS. The molecule has 0 aliphatic carbocycles. The molecule has 4 nitrogen and oxygen atoms in total. The zero-order valence-corrected chi connectivity index (χ0v) is 11.2. The van der Waals surface area contributed by atoms with Crippen LogP contribution in [0.3, 0.4) is 0 Å². The zero-order valence-electron chi connectivity index (χ0n) is 10.4. The molecule has 1 fully saturated rings. The summed E-state index contributed by atoms with van der Waals surface area (Å²) in [5, 5.41) is 0.0662. The summed E-state index contributed by atoms with van der Waals surface area (Å²) in [5.41, 5.74) is 0. The predicted molar refractivity (Wildman–Crippen MR) is 70.1 cm³/mol. The first kappa shape index (κ1) is 12.5. The maximum atomic E-state index is 12.1. The minimum absolute atomic E-state index is 0.0662. The van der Waals surface area contributed by atoms with E-state index in [0.29, 0.717) is 6.04 Å². The van der Waals surface area contributed by atoms with E-state index in [2.05, 4.69) is 9.55 Å². The summed E-state index contributed by atoms with van der Waals surface area (Å²) in [7, 11) is 0. The lowest BCUT2D eigenvalue weighted by molar-refractivity contribution is -0.131. The van der Waals surface area contributed by atoms with Crippen LogP contribution in [0.15, 0.2) is 18.7 Å². The van der Waals surface area contributed by atoms with E-state index < -0.39 is 0 Å². The van der Waals surface area contributed by atoms with Gasteiger partial charge in [0.1, 0.15) is 0 Å². The molecule has 0 bridgehead atoms. The van der Waals surface area contributed by atoms with Gasteiger partial charge in [-0.25, -0.2) is 4.98 Å². The van der Waals surface area contributed by atoms with Gasteiger partial charge in [0, 0.05) is 25.5 Å². The molecule has 0 saturated carbocycles. The van der Waals surface area contributed by atoms with Crippen LogP contribution in [0.25, 0.3) is 0 Å². The van der Waals surface area contributed by atoms with Gasteiger partial charge in [0.05, 0.1) is 17.6 Å². The number of rotatable bonds is 3. The van der Waals surface area contributed by atoms with Crippen molar-refractivity contribution in [2.45, 2.75) is 31.1 Å². The van der Waals surface area contributed by atoms with Gasteiger partial charge in [-0.05, 0) is 26.0 Å². The van der Waals surface area contributed by atoms with Gasteiger partial charge in [-0.1, -0.05) is 0 Å². The van der Waals surface area contributed by atoms with Crippen LogP contribution in [0.5, 0.6) is 0 Å². The molecule has 1 aliphatic heterocycles. The molecule has 0 radical (unpaired) electrons. The fraction of sp³-hybridized carbons (Fsp3) is 0.667. The van der Waals surface area contributed by atoms with Gasteiger partial charge >= 0.3 is 0 Å². The standard InChI is InChI=1S/C12H19N3OS/c1-10(17-2)12(16)14-6-3-4-11(8-14)15-7-5-13-9-15/h5,7,9-11H,3-4,6,8H2,1-2H3/t10-,11+/m0/s1. The number of likely N-dealkylation sites (tertiary alicyclic amines) is 1. The summed E-state index contributed by atoms with van der Waals surface area (Å²) in [6.07, 6.45) is 9.82. The molecule has 0 spiro atoms. The lowest BCUT2D eigenvalue weighted by atomic mass is 10.1. The Bertz CT molecular complexity index is 366. The topological polar surface area (TPSA) is 38.1 Å². The van der Waals surface area contributed by atoms with Gasteiger partial charge in [-0.2, -0.15) is 11.8 Å².